The number of benzene rings is 1. The minimum absolute atomic E-state index is 0.0532. The number of halogens is 1. The summed E-state index contributed by atoms with van der Waals surface area (Å²) in [5.41, 5.74) is -1.37. The van der Waals surface area contributed by atoms with Crippen LogP contribution in [0.2, 0.25) is 0 Å². The Morgan fingerprint density at radius 3 is 2.59 bits per heavy atom. The second kappa shape index (κ2) is 8.89. The summed E-state index contributed by atoms with van der Waals surface area (Å²) in [6.07, 6.45) is 3.03. The summed E-state index contributed by atoms with van der Waals surface area (Å²) in [6.45, 7) is -0.135. The van der Waals surface area contributed by atoms with E-state index in [-0.39, 0.29) is 34.0 Å². The third-order valence-corrected chi connectivity index (χ3v) is 6.45. The zero-order valence-corrected chi connectivity index (χ0v) is 18.3. The van der Waals surface area contributed by atoms with E-state index in [4.69, 9.17) is 9.47 Å². The Balaban J connectivity index is 2.17. The maximum absolute atomic E-state index is 14.9. The zero-order valence-electron chi connectivity index (χ0n) is 17.5. The summed E-state index contributed by atoms with van der Waals surface area (Å²) in [4.78, 5) is 28.7. The fourth-order valence-corrected chi connectivity index (χ4v) is 4.79. The topological polar surface area (TPSA) is 140 Å². The Morgan fingerprint density at radius 1 is 1.18 bits per heavy atom. The number of ether oxygens (including phenoxy) is 2. The number of hydrogen-bond donors (Lipinski definition) is 1. The highest BCUT2D eigenvalue weighted by atomic mass is 32.2. The highest BCUT2D eigenvalue weighted by molar-refractivity contribution is 7.90. The highest BCUT2D eigenvalue weighted by Gasteiger charge is 2.38. The van der Waals surface area contributed by atoms with E-state index >= 15 is 0 Å². The molecule has 1 aliphatic heterocycles. The standard InChI is InChI=1S/C22H15FN4O6S/c1-25-12-16-20-19(15-6-2-3-7-17(15)23)27(34(30,31)14-5-4-8-26-11-14)21(16)33-22(29)13(10-24)9-18(28)32-20/h2-9,11,25H,12H2,1H3/b13-9+. The van der Waals surface area contributed by atoms with E-state index in [0.717, 1.165) is 12.3 Å². The average Bonchev–Trinajstić information content (AvgIpc) is 3.13. The lowest BCUT2D eigenvalue weighted by Gasteiger charge is -2.15. The molecular weight excluding hydrogens is 467 g/mol. The van der Waals surface area contributed by atoms with Gasteiger partial charge in [0.05, 0.1) is 5.56 Å². The Kier molecular flexibility index (Phi) is 5.97. The molecule has 0 saturated carbocycles. The van der Waals surface area contributed by atoms with Gasteiger partial charge in [-0.1, -0.05) is 12.1 Å². The first-order chi connectivity index (χ1) is 16.3. The van der Waals surface area contributed by atoms with Gasteiger partial charge in [-0.2, -0.15) is 9.23 Å². The molecule has 1 N–H and O–H groups in total. The number of nitrogens with one attached hydrogen (secondary N) is 1. The second-order valence-corrected chi connectivity index (χ2v) is 8.70. The van der Waals surface area contributed by atoms with Crippen molar-refractivity contribution < 1.29 is 31.9 Å². The van der Waals surface area contributed by atoms with Crippen LogP contribution < -0.4 is 14.8 Å². The van der Waals surface area contributed by atoms with E-state index in [0.29, 0.717) is 10.0 Å². The van der Waals surface area contributed by atoms with Crippen LogP contribution in [0.5, 0.6) is 11.6 Å². The quantitative estimate of drug-likeness (QED) is 0.540. The lowest BCUT2D eigenvalue weighted by Crippen LogP contribution is -2.21. The van der Waals surface area contributed by atoms with Crippen molar-refractivity contribution in [2.24, 2.45) is 0 Å². The van der Waals surface area contributed by atoms with E-state index in [2.05, 4.69) is 10.3 Å². The summed E-state index contributed by atoms with van der Waals surface area (Å²) >= 11 is 0. The maximum Gasteiger partial charge on any atom is 0.355 e. The summed E-state index contributed by atoms with van der Waals surface area (Å²) < 4.78 is 53.7. The third-order valence-electron chi connectivity index (χ3n) is 4.78. The molecule has 2 aromatic heterocycles. The molecule has 1 aliphatic rings. The zero-order chi connectivity index (χ0) is 24.5. The Bertz CT molecular complexity index is 1490. The molecule has 3 heterocycles. The van der Waals surface area contributed by atoms with Gasteiger partial charge in [-0.05, 0) is 31.3 Å². The van der Waals surface area contributed by atoms with Crippen molar-refractivity contribution in [1.82, 2.24) is 14.3 Å². The molecule has 0 atom stereocenters. The molecule has 4 rings (SSSR count). The molecule has 0 aliphatic carbocycles. The molecule has 0 spiro atoms. The third kappa shape index (κ3) is 3.83. The number of nitrogens with zero attached hydrogens (tertiary/aromatic N) is 3. The number of carbonyl (C=O) groups excluding carboxylic acids is 2. The average molecular weight is 482 g/mol. The number of pyridine rings is 1. The summed E-state index contributed by atoms with van der Waals surface area (Å²) in [5.74, 6) is -4.17. The molecule has 12 heteroatoms. The first-order valence-electron chi connectivity index (χ1n) is 9.68. The molecule has 0 amide bonds. The van der Waals surface area contributed by atoms with Crippen LogP contribution in [0.1, 0.15) is 5.56 Å². The molecule has 34 heavy (non-hydrogen) atoms. The van der Waals surface area contributed by atoms with Crippen molar-refractivity contribution in [2.75, 3.05) is 7.05 Å². The van der Waals surface area contributed by atoms with E-state index in [1.165, 1.54) is 49.6 Å². The van der Waals surface area contributed by atoms with Crippen LogP contribution in [0, 0.1) is 17.1 Å². The van der Waals surface area contributed by atoms with Crippen LogP contribution in [0.25, 0.3) is 11.3 Å². The minimum Gasteiger partial charge on any atom is -0.420 e. The van der Waals surface area contributed by atoms with Gasteiger partial charge in [0.25, 0.3) is 10.0 Å². The van der Waals surface area contributed by atoms with Gasteiger partial charge in [0.2, 0.25) is 5.88 Å². The highest BCUT2D eigenvalue weighted by Crippen LogP contribution is 2.46. The number of nitriles is 1. The molecule has 0 radical (unpaired) electrons. The molecule has 10 nitrogen and oxygen atoms in total. The normalized spacial score (nSPS) is 15.1. The van der Waals surface area contributed by atoms with E-state index in [1.807, 2.05) is 0 Å². The predicted molar refractivity (Wildman–Crippen MR) is 114 cm³/mol. The molecular formula is C22H15FN4O6S. The lowest BCUT2D eigenvalue weighted by molar-refractivity contribution is -0.132. The minimum atomic E-state index is -4.58. The van der Waals surface area contributed by atoms with E-state index in [9.17, 15) is 27.7 Å². The van der Waals surface area contributed by atoms with Gasteiger partial charge < -0.3 is 14.8 Å². The van der Waals surface area contributed by atoms with E-state index in [1.54, 1.807) is 0 Å². The Labute approximate surface area is 192 Å². The molecule has 0 unspecified atom stereocenters. The van der Waals surface area contributed by atoms with Gasteiger partial charge in [-0.15, -0.1) is 0 Å². The fraction of sp³-hybridized carbons (Fsp3) is 0.0909. The molecule has 0 saturated heterocycles. The first-order valence-corrected chi connectivity index (χ1v) is 11.1. The van der Waals surface area contributed by atoms with Gasteiger partial charge in [-0.3, -0.25) is 4.98 Å². The van der Waals surface area contributed by atoms with Crippen LogP contribution in [-0.2, 0) is 26.2 Å². The first kappa shape index (κ1) is 22.8. The molecule has 0 fully saturated rings. The SMILES string of the molecule is CNCc1c2c(-c3ccccc3F)n(S(=O)(=O)c3cccnc3)c1OC(=O)/C(C#N)=C/C(=O)O2. The van der Waals surface area contributed by atoms with Crippen LogP contribution in [0.3, 0.4) is 0 Å². The molecule has 2 bridgehead atoms. The van der Waals surface area contributed by atoms with Crippen LogP contribution >= 0.6 is 0 Å². The largest absolute Gasteiger partial charge is 0.420 e. The predicted octanol–water partition coefficient (Wildman–Crippen LogP) is 1.92. The van der Waals surface area contributed by atoms with Gasteiger partial charge in [0.1, 0.15) is 28.0 Å². The van der Waals surface area contributed by atoms with Crippen LogP contribution in [0.15, 0.2) is 65.3 Å². The van der Waals surface area contributed by atoms with Gasteiger partial charge >= 0.3 is 11.9 Å². The number of carbonyl (C=O) groups is 2. The second-order valence-electron chi connectivity index (χ2n) is 6.91. The number of rotatable bonds is 5. The van der Waals surface area contributed by atoms with Crippen molar-refractivity contribution in [3.8, 4) is 29.0 Å². The van der Waals surface area contributed by atoms with Crippen LogP contribution in [-0.4, -0.2) is 36.4 Å². The van der Waals surface area contributed by atoms with Crippen molar-refractivity contribution in [2.45, 2.75) is 11.4 Å². The molecule has 3 aromatic rings. The van der Waals surface area contributed by atoms with E-state index < -0.39 is 39.2 Å². The van der Waals surface area contributed by atoms with Crippen molar-refractivity contribution in [1.29, 1.82) is 5.26 Å². The summed E-state index contributed by atoms with van der Waals surface area (Å²) in [7, 11) is -3.06. The molecule has 172 valence electrons. The fourth-order valence-electron chi connectivity index (χ4n) is 3.35. The lowest BCUT2D eigenvalue weighted by atomic mass is 10.1. The Morgan fingerprint density at radius 2 is 1.94 bits per heavy atom. The monoisotopic (exact) mass is 482 g/mol. The van der Waals surface area contributed by atoms with Crippen molar-refractivity contribution in [3.05, 3.63) is 71.8 Å². The van der Waals surface area contributed by atoms with Crippen molar-refractivity contribution in [3.63, 3.8) is 0 Å². The Hall–Kier alpha value is -4.34. The van der Waals surface area contributed by atoms with Gasteiger partial charge in [0, 0.05) is 30.6 Å². The summed E-state index contributed by atoms with van der Waals surface area (Å²) in [5, 5.41) is 12.0. The van der Waals surface area contributed by atoms with Crippen LogP contribution in [0.4, 0.5) is 4.39 Å². The number of fused-ring (bicyclic) bond motifs is 2. The number of esters is 2. The maximum atomic E-state index is 14.9. The number of hydrogen-bond acceptors (Lipinski definition) is 9. The van der Waals surface area contributed by atoms with Gasteiger partial charge in [0.15, 0.2) is 5.75 Å². The summed E-state index contributed by atoms with van der Waals surface area (Å²) in [6, 6.07) is 9.37. The number of aromatic nitrogens is 2. The van der Waals surface area contributed by atoms with Crippen molar-refractivity contribution >= 4 is 22.0 Å². The molecule has 1 aromatic carbocycles. The smallest absolute Gasteiger partial charge is 0.355 e. The van der Waals surface area contributed by atoms with Gasteiger partial charge in [-0.25, -0.2) is 22.4 Å².